The average Bonchev–Trinajstić information content (AvgIpc) is 2.82. The van der Waals surface area contributed by atoms with Crippen molar-refractivity contribution in [2.24, 2.45) is 0 Å². The Kier molecular flexibility index (Phi) is 5.17. The molecule has 4 nitrogen and oxygen atoms in total. The van der Waals surface area contributed by atoms with Crippen LogP contribution in [0.4, 0.5) is 0 Å². The van der Waals surface area contributed by atoms with Crippen molar-refractivity contribution in [3.05, 3.63) is 36.1 Å². The number of aliphatic hydroxyl groups excluding tert-OH is 1. The maximum Gasteiger partial charge on any atom is 0.135 e. The van der Waals surface area contributed by atoms with Crippen LogP contribution in [0.5, 0.6) is 0 Å². The molecule has 1 unspecified atom stereocenters. The smallest absolute Gasteiger partial charge is 0.135 e. The molecule has 1 aromatic heterocycles. The first-order valence-electron chi connectivity index (χ1n) is 7.03. The first-order chi connectivity index (χ1) is 9.56. The van der Waals surface area contributed by atoms with Crippen molar-refractivity contribution >= 4 is 11.0 Å². The quantitative estimate of drug-likeness (QED) is 0.845. The van der Waals surface area contributed by atoms with Gasteiger partial charge in [0.15, 0.2) is 0 Å². The van der Waals surface area contributed by atoms with Gasteiger partial charge in [0.1, 0.15) is 17.4 Å². The summed E-state index contributed by atoms with van der Waals surface area (Å²) in [5, 5.41) is 11.2. The summed E-state index contributed by atoms with van der Waals surface area (Å²) < 4.78 is 11.2. The number of hydrogen-bond donors (Lipinski definition) is 1. The summed E-state index contributed by atoms with van der Waals surface area (Å²) in [6.45, 7) is 6.02. The third-order valence-electron chi connectivity index (χ3n) is 3.18. The highest BCUT2D eigenvalue weighted by Crippen LogP contribution is 2.24. The number of nitrogens with zero attached hydrogens (tertiary/aromatic N) is 1. The van der Waals surface area contributed by atoms with E-state index in [1.807, 2.05) is 56.1 Å². The predicted molar refractivity (Wildman–Crippen MR) is 79.8 cm³/mol. The fourth-order valence-corrected chi connectivity index (χ4v) is 2.09. The van der Waals surface area contributed by atoms with Crippen LogP contribution in [-0.2, 0) is 4.74 Å². The van der Waals surface area contributed by atoms with Gasteiger partial charge in [0, 0.05) is 18.5 Å². The van der Waals surface area contributed by atoms with E-state index in [1.54, 1.807) is 0 Å². The number of furan rings is 1. The van der Waals surface area contributed by atoms with Gasteiger partial charge < -0.3 is 19.2 Å². The van der Waals surface area contributed by atoms with E-state index < -0.39 is 6.10 Å². The number of aliphatic hydroxyl groups is 1. The second kappa shape index (κ2) is 6.88. The molecule has 1 aromatic carbocycles. The van der Waals surface area contributed by atoms with Crippen LogP contribution >= 0.6 is 0 Å². The monoisotopic (exact) mass is 277 g/mol. The van der Waals surface area contributed by atoms with E-state index in [4.69, 9.17) is 9.15 Å². The van der Waals surface area contributed by atoms with Gasteiger partial charge in [-0.05, 0) is 33.0 Å². The second-order valence-corrected chi connectivity index (χ2v) is 5.38. The minimum atomic E-state index is -0.619. The third-order valence-corrected chi connectivity index (χ3v) is 3.18. The Balaban J connectivity index is 1.89. The molecule has 0 radical (unpaired) electrons. The molecule has 4 heteroatoms. The molecule has 0 saturated carbocycles. The van der Waals surface area contributed by atoms with E-state index in [-0.39, 0.29) is 6.10 Å². The number of benzene rings is 1. The molecule has 2 aromatic rings. The molecule has 0 aliphatic heterocycles. The summed E-state index contributed by atoms with van der Waals surface area (Å²) in [6.07, 6.45) is -0.379. The number of fused-ring (bicyclic) bond motifs is 1. The van der Waals surface area contributed by atoms with Crippen molar-refractivity contribution in [3.63, 3.8) is 0 Å². The highest BCUT2D eigenvalue weighted by Gasteiger charge is 2.15. The van der Waals surface area contributed by atoms with Gasteiger partial charge >= 0.3 is 0 Å². The lowest BCUT2D eigenvalue weighted by molar-refractivity contribution is 0.0486. The number of ether oxygens (including phenoxy) is 1. The van der Waals surface area contributed by atoms with E-state index in [0.717, 1.165) is 17.5 Å². The molecule has 110 valence electrons. The van der Waals surface area contributed by atoms with Crippen LogP contribution in [0.3, 0.4) is 0 Å². The maximum absolute atomic E-state index is 10.2. The van der Waals surface area contributed by atoms with Crippen molar-refractivity contribution < 1.29 is 14.3 Å². The zero-order valence-corrected chi connectivity index (χ0v) is 12.4. The zero-order chi connectivity index (χ0) is 14.5. The van der Waals surface area contributed by atoms with Gasteiger partial charge in [0.25, 0.3) is 0 Å². The van der Waals surface area contributed by atoms with Crippen LogP contribution in [-0.4, -0.2) is 42.9 Å². The first-order valence-corrected chi connectivity index (χ1v) is 7.03. The summed E-state index contributed by atoms with van der Waals surface area (Å²) in [7, 11) is 1.97. The molecule has 1 N–H and O–H groups in total. The van der Waals surface area contributed by atoms with Crippen LogP contribution in [0, 0.1) is 0 Å². The topological polar surface area (TPSA) is 45.8 Å². The van der Waals surface area contributed by atoms with Gasteiger partial charge in [0.05, 0.1) is 12.7 Å². The lowest BCUT2D eigenvalue weighted by Gasteiger charge is -2.19. The van der Waals surface area contributed by atoms with Gasteiger partial charge in [-0.25, -0.2) is 0 Å². The van der Waals surface area contributed by atoms with Crippen LogP contribution < -0.4 is 0 Å². The minimum absolute atomic E-state index is 0.240. The third kappa shape index (κ3) is 4.07. The van der Waals surface area contributed by atoms with E-state index >= 15 is 0 Å². The largest absolute Gasteiger partial charge is 0.458 e. The Hall–Kier alpha value is -1.36. The van der Waals surface area contributed by atoms with Crippen molar-refractivity contribution in [3.8, 4) is 0 Å². The highest BCUT2D eigenvalue weighted by atomic mass is 16.5. The maximum atomic E-state index is 10.2. The second-order valence-electron chi connectivity index (χ2n) is 5.38. The first kappa shape index (κ1) is 15.0. The summed E-state index contributed by atoms with van der Waals surface area (Å²) in [4.78, 5) is 2.04. The fourth-order valence-electron chi connectivity index (χ4n) is 2.09. The van der Waals surface area contributed by atoms with Crippen LogP contribution in [0.2, 0.25) is 0 Å². The molecule has 1 atom stereocenters. The lowest BCUT2D eigenvalue weighted by atomic mass is 10.2. The molecule has 0 aliphatic carbocycles. The minimum Gasteiger partial charge on any atom is -0.458 e. The predicted octanol–water partition coefficient (Wildman–Crippen LogP) is 2.82. The average molecular weight is 277 g/mol. The lowest BCUT2D eigenvalue weighted by Crippen LogP contribution is -2.28. The number of rotatable bonds is 7. The molecule has 0 amide bonds. The molecule has 0 spiro atoms. The number of hydrogen-bond acceptors (Lipinski definition) is 4. The number of para-hydroxylation sites is 1. The summed E-state index contributed by atoms with van der Waals surface area (Å²) in [6, 6.07) is 9.68. The van der Waals surface area contributed by atoms with Gasteiger partial charge in [-0.1, -0.05) is 18.2 Å². The molecule has 20 heavy (non-hydrogen) atoms. The molecule has 2 rings (SSSR count). The standard InChI is InChI=1S/C16H23NO3/c1-12(2)19-9-8-17(3)11-14(18)16-10-13-6-4-5-7-15(13)20-16/h4-7,10,12,14,18H,8-9,11H2,1-3H3. The van der Waals surface area contributed by atoms with E-state index in [2.05, 4.69) is 0 Å². The summed E-state index contributed by atoms with van der Waals surface area (Å²) in [5.74, 6) is 0.614. The van der Waals surface area contributed by atoms with Crippen LogP contribution in [0.25, 0.3) is 11.0 Å². The molecule has 1 heterocycles. The van der Waals surface area contributed by atoms with Crippen molar-refractivity contribution in [2.75, 3.05) is 26.7 Å². The summed E-state index contributed by atoms with van der Waals surface area (Å²) in [5.41, 5.74) is 0.812. The normalized spacial score (nSPS) is 13.5. The van der Waals surface area contributed by atoms with Crippen LogP contribution in [0.15, 0.2) is 34.7 Å². The van der Waals surface area contributed by atoms with Gasteiger partial charge in [-0.3, -0.25) is 0 Å². The summed E-state index contributed by atoms with van der Waals surface area (Å²) >= 11 is 0. The van der Waals surface area contributed by atoms with E-state index in [1.165, 1.54) is 0 Å². The fraction of sp³-hybridized carbons (Fsp3) is 0.500. The van der Waals surface area contributed by atoms with Crippen molar-refractivity contribution in [2.45, 2.75) is 26.1 Å². The Morgan fingerprint density at radius 2 is 2.05 bits per heavy atom. The molecular weight excluding hydrogens is 254 g/mol. The molecule has 0 fully saturated rings. The zero-order valence-electron chi connectivity index (χ0n) is 12.4. The van der Waals surface area contributed by atoms with E-state index in [9.17, 15) is 5.11 Å². The molecule has 0 bridgehead atoms. The van der Waals surface area contributed by atoms with Crippen molar-refractivity contribution in [1.29, 1.82) is 0 Å². The van der Waals surface area contributed by atoms with Gasteiger partial charge in [-0.15, -0.1) is 0 Å². The Morgan fingerprint density at radius 1 is 1.30 bits per heavy atom. The molecule has 0 aliphatic rings. The van der Waals surface area contributed by atoms with Crippen molar-refractivity contribution in [1.82, 2.24) is 4.90 Å². The van der Waals surface area contributed by atoms with Gasteiger partial charge in [-0.2, -0.15) is 0 Å². The SMILES string of the molecule is CC(C)OCCN(C)CC(O)c1cc2ccccc2o1. The number of likely N-dealkylation sites (N-methyl/N-ethyl adjacent to an activating group) is 1. The highest BCUT2D eigenvalue weighted by molar-refractivity contribution is 5.77. The molecule has 0 saturated heterocycles. The van der Waals surface area contributed by atoms with E-state index in [0.29, 0.717) is 18.9 Å². The molecular formula is C16H23NO3. The van der Waals surface area contributed by atoms with Crippen LogP contribution in [0.1, 0.15) is 25.7 Å². The van der Waals surface area contributed by atoms with Gasteiger partial charge in [0.2, 0.25) is 0 Å². The Bertz CT molecular complexity index is 502. The Morgan fingerprint density at radius 3 is 2.75 bits per heavy atom. The Labute approximate surface area is 119 Å².